The van der Waals surface area contributed by atoms with Crippen LogP contribution in [0.2, 0.25) is 0 Å². The molecule has 0 unspecified atom stereocenters. The molecule has 10 rings (SSSR count). The maximum Gasteiger partial charge on any atom is 0.573 e. The zero-order valence-corrected chi connectivity index (χ0v) is 27.7. The van der Waals surface area contributed by atoms with Gasteiger partial charge in [-0.2, -0.15) is 9.97 Å². The SMILES string of the molecule is Oc1cc(-c2nc3c4c(nc(OC[C@@]56CCCN5C[C@@]5(CC5(F)F)C6)nc4c2F)N2C[C@H]4CC[C@H](N4)[C@H]2CC3)c2c(OC(F)(F)F)c(F)ccc2c1. The summed E-state index contributed by atoms with van der Waals surface area (Å²) < 4.78 is 112. The molecule has 16 heteroatoms. The summed E-state index contributed by atoms with van der Waals surface area (Å²) in [4.78, 5) is 18.3. The van der Waals surface area contributed by atoms with Crippen LogP contribution in [0.15, 0.2) is 24.3 Å². The van der Waals surface area contributed by atoms with Crippen molar-refractivity contribution in [1.82, 2.24) is 25.2 Å². The molecule has 4 saturated heterocycles. The molecule has 1 spiro atoms. The van der Waals surface area contributed by atoms with Crippen molar-refractivity contribution in [1.29, 1.82) is 0 Å². The molecule has 5 atom stereocenters. The summed E-state index contributed by atoms with van der Waals surface area (Å²) in [6.07, 6.45) is -0.856. The minimum Gasteiger partial charge on any atom is -0.508 e. The smallest absolute Gasteiger partial charge is 0.508 e. The van der Waals surface area contributed by atoms with E-state index in [2.05, 4.69) is 29.8 Å². The van der Waals surface area contributed by atoms with E-state index < -0.39 is 57.5 Å². The van der Waals surface area contributed by atoms with Crippen LogP contribution in [0.3, 0.4) is 0 Å². The number of phenols is 1. The Balaban J connectivity index is 1.14. The standard InChI is InChI=1S/C36H33F7N6O3/c37-21-4-2-17-10-19(50)11-20(25(17)30(21)52-36(41,42)43)28-27(38)29-26-23(45-28)6-7-24-22-5-3-18(44-22)12-49(24)31(26)47-32(46-29)51-16-34-8-1-9-48(34)15-33(13-34)14-35(33,39)40/h2,4,10-11,18,22,24,44,50H,1,3,5-9,12-16H2/t18-,22+,24-,33+,34+/m1/s1. The fraction of sp³-hybridized carbons (Fsp3) is 0.528. The molecule has 0 radical (unpaired) electrons. The van der Waals surface area contributed by atoms with Gasteiger partial charge in [-0.3, -0.25) is 4.90 Å². The molecule has 2 aromatic carbocycles. The average Bonchev–Trinajstić information content (AvgIpc) is 3.39. The summed E-state index contributed by atoms with van der Waals surface area (Å²) in [5.74, 6) is -6.28. The van der Waals surface area contributed by atoms with E-state index in [1.165, 1.54) is 0 Å². The predicted molar refractivity (Wildman–Crippen MR) is 174 cm³/mol. The molecule has 274 valence electrons. The lowest BCUT2D eigenvalue weighted by atomic mass is 9.89. The third-order valence-electron chi connectivity index (χ3n) is 12.4. The van der Waals surface area contributed by atoms with Gasteiger partial charge in [0.1, 0.15) is 29.4 Å². The van der Waals surface area contributed by atoms with Crippen molar-refractivity contribution in [3.8, 4) is 28.8 Å². The van der Waals surface area contributed by atoms with Gasteiger partial charge in [-0.25, -0.2) is 22.5 Å². The Morgan fingerprint density at radius 2 is 1.85 bits per heavy atom. The Hall–Kier alpha value is -4.18. The second-order valence-electron chi connectivity index (χ2n) is 15.5. The van der Waals surface area contributed by atoms with E-state index in [0.29, 0.717) is 49.2 Å². The Morgan fingerprint density at radius 3 is 2.63 bits per heavy atom. The van der Waals surface area contributed by atoms with Crippen molar-refractivity contribution in [2.75, 3.05) is 31.1 Å². The molecule has 52 heavy (non-hydrogen) atoms. The van der Waals surface area contributed by atoms with E-state index in [0.717, 1.165) is 43.5 Å². The number of piperazine rings is 1. The van der Waals surface area contributed by atoms with Gasteiger partial charge in [0.05, 0.1) is 22.0 Å². The fourth-order valence-electron chi connectivity index (χ4n) is 10.1. The van der Waals surface area contributed by atoms with Gasteiger partial charge in [-0.15, -0.1) is 13.2 Å². The van der Waals surface area contributed by atoms with E-state index >= 15 is 8.78 Å². The first-order valence-corrected chi connectivity index (χ1v) is 17.6. The topological polar surface area (TPSA) is 95.9 Å². The predicted octanol–water partition coefficient (Wildman–Crippen LogP) is 6.63. The first-order valence-electron chi connectivity index (χ1n) is 17.6. The van der Waals surface area contributed by atoms with Crippen molar-refractivity contribution < 1.29 is 45.3 Å². The van der Waals surface area contributed by atoms with Crippen LogP contribution in [-0.4, -0.2) is 87.1 Å². The van der Waals surface area contributed by atoms with Crippen LogP contribution < -0.4 is 19.7 Å². The minimum absolute atomic E-state index is 0.0209. The van der Waals surface area contributed by atoms with Crippen LogP contribution >= 0.6 is 0 Å². The lowest BCUT2D eigenvalue weighted by Crippen LogP contribution is -2.58. The van der Waals surface area contributed by atoms with Crippen molar-refractivity contribution in [3.05, 3.63) is 41.6 Å². The molecule has 5 aliphatic heterocycles. The zero-order valence-electron chi connectivity index (χ0n) is 27.7. The number of anilines is 1. The highest BCUT2D eigenvalue weighted by atomic mass is 19.4. The molecule has 6 aliphatic rings. The largest absolute Gasteiger partial charge is 0.573 e. The van der Waals surface area contributed by atoms with E-state index in [1.54, 1.807) is 0 Å². The number of nitrogens with one attached hydrogen (secondary N) is 1. The first kappa shape index (κ1) is 32.5. The van der Waals surface area contributed by atoms with Crippen LogP contribution in [0.4, 0.5) is 36.6 Å². The molecular weight excluding hydrogens is 697 g/mol. The number of rotatable bonds is 5. The number of phenolic OH excluding ortho intramolecular Hbond substituents is 1. The number of hydrogen-bond acceptors (Lipinski definition) is 9. The lowest BCUT2D eigenvalue weighted by Gasteiger charge is -2.41. The number of alkyl halides is 5. The molecule has 1 saturated carbocycles. The zero-order chi connectivity index (χ0) is 35.9. The van der Waals surface area contributed by atoms with E-state index in [1.807, 2.05) is 0 Å². The fourth-order valence-corrected chi connectivity index (χ4v) is 10.1. The number of nitrogens with zero attached hydrogens (tertiary/aromatic N) is 5. The van der Waals surface area contributed by atoms with Crippen LogP contribution in [0.1, 0.15) is 50.6 Å². The van der Waals surface area contributed by atoms with Crippen molar-refractivity contribution in [3.63, 3.8) is 0 Å². The molecule has 4 aromatic rings. The third-order valence-corrected chi connectivity index (χ3v) is 12.4. The summed E-state index contributed by atoms with van der Waals surface area (Å²) in [5, 5.41) is 14.2. The lowest BCUT2D eigenvalue weighted by molar-refractivity contribution is -0.275. The Labute approximate surface area is 292 Å². The Kier molecular flexibility index (Phi) is 6.68. The van der Waals surface area contributed by atoms with Gasteiger partial charge in [0.15, 0.2) is 17.4 Å². The van der Waals surface area contributed by atoms with Gasteiger partial charge in [-0.1, -0.05) is 6.07 Å². The number of pyridine rings is 1. The summed E-state index contributed by atoms with van der Waals surface area (Å²) >= 11 is 0. The van der Waals surface area contributed by atoms with E-state index in [4.69, 9.17) is 9.72 Å². The quantitative estimate of drug-likeness (QED) is 0.220. The minimum atomic E-state index is -5.28. The molecule has 0 amide bonds. The van der Waals surface area contributed by atoms with Gasteiger partial charge in [0.2, 0.25) is 0 Å². The summed E-state index contributed by atoms with van der Waals surface area (Å²) in [7, 11) is 0. The van der Waals surface area contributed by atoms with Gasteiger partial charge in [0.25, 0.3) is 5.92 Å². The molecule has 1 aliphatic carbocycles. The maximum atomic E-state index is 17.2. The molecule has 2 bridgehead atoms. The number of halogens is 7. The van der Waals surface area contributed by atoms with Crippen LogP contribution in [-0.2, 0) is 6.42 Å². The highest BCUT2D eigenvalue weighted by Gasteiger charge is 2.77. The molecular formula is C36H33F7N6O3. The second kappa shape index (κ2) is 10.7. The molecule has 2 N–H and O–H groups in total. The summed E-state index contributed by atoms with van der Waals surface area (Å²) in [5.41, 5.74) is -2.30. The number of benzene rings is 2. The van der Waals surface area contributed by atoms with E-state index in [-0.39, 0.29) is 66.6 Å². The number of aryl methyl sites for hydroxylation is 1. The number of hydrogen-bond donors (Lipinski definition) is 2. The summed E-state index contributed by atoms with van der Waals surface area (Å²) in [6, 6.07) is 4.19. The monoisotopic (exact) mass is 730 g/mol. The second-order valence-corrected chi connectivity index (χ2v) is 15.5. The molecule has 5 fully saturated rings. The van der Waals surface area contributed by atoms with Crippen molar-refractivity contribution in [2.24, 2.45) is 5.41 Å². The first-order chi connectivity index (χ1) is 24.7. The highest BCUT2D eigenvalue weighted by molar-refractivity contribution is 6.04. The van der Waals surface area contributed by atoms with Gasteiger partial charge >= 0.3 is 12.4 Å². The summed E-state index contributed by atoms with van der Waals surface area (Å²) in [6.45, 7) is 1.55. The maximum absolute atomic E-state index is 17.2. The molecule has 7 heterocycles. The van der Waals surface area contributed by atoms with E-state index in [9.17, 15) is 27.1 Å². The average molecular weight is 731 g/mol. The third kappa shape index (κ3) is 4.78. The molecule has 2 aromatic heterocycles. The number of aromatic nitrogens is 3. The normalized spacial score (nSPS) is 30.2. The Morgan fingerprint density at radius 1 is 1.02 bits per heavy atom. The number of fused-ring (bicyclic) bond motifs is 7. The number of aromatic hydroxyl groups is 1. The van der Waals surface area contributed by atoms with Crippen LogP contribution in [0, 0.1) is 17.0 Å². The van der Waals surface area contributed by atoms with Crippen molar-refractivity contribution >= 4 is 27.5 Å². The highest BCUT2D eigenvalue weighted by Crippen LogP contribution is 2.69. The number of ether oxygens (including phenoxy) is 2. The van der Waals surface area contributed by atoms with Crippen LogP contribution in [0.5, 0.6) is 17.5 Å². The molecule has 9 nitrogen and oxygen atoms in total. The van der Waals surface area contributed by atoms with Gasteiger partial charge in [0, 0.05) is 48.6 Å². The Bertz CT molecular complexity index is 2190. The van der Waals surface area contributed by atoms with Gasteiger partial charge in [-0.05, 0) is 75.1 Å². The van der Waals surface area contributed by atoms with Gasteiger partial charge < -0.3 is 24.8 Å². The van der Waals surface area contributed by atoms with Crippen LogP contribution in [0.25, 0.3) is 32.9 Å². The van der Waals surface area contributed by atoms with Crippen molar-refractivity contribution in [2.45, 2.75) is 87.3 Å².